The predicted octanol–water partition coefficient (Wildman–Crippen LogP) is 2.84. The van der Waals surface area contributed by atoms with Gasteiger partial charge in [0.1, 0.15) is 5.69 Å². The average Bonchev–Trinajstić information content (AvgIpc) is 2.47. The fraction of sp³-hybridized carbons (Fsp3) is 0.385. The zero-order chi connectivity index (χ0) is 15.3. The Kier molecular flexibility index (Phi) is 5.82. The smallest absolute Gasteiger partial charge is 0.414 e. The van der Waals surface area contributed by atoms with Crippen molar-refractivity contribution in [3.8, 4) is 5.75 Å². The molecule has 0 aliphatic heterocycles. The SMILES string of the molecule is CCN(C(=O)OC)c1c(C(=O)OC)ccc(Br)c1OC. The fourth-order valence-electron chi connectivity index (χ4n) is 1.77. The first-order valence-corrected chi connectivity index (χ1v) is 6.61. The number of ether oxygens (including phenoxy) is 3. The summed E-state index contributed by atoms with van der Waals surface area (Å²) in [6, 6.07) is 3.21. The molecule has 0 fully saturated rings. The van der Waals surface area contributed by atoms with Crippen LogP contribution in [0.2, 0.25) is 0 Å². The molecule has 0 heterocycles. The van der Waals surface area contributed by atoms with Crippen LogP contribution >= 0.6 is 15.9 Å². The Morgan fingerprint density at radius 3 is 2.30 bits per heavy atom. The monoisotopic (exact) mass is 345 g/mol. The van der Waals surface area contributed by atoms with Gasteiger partial charge >= 0.3 is 12.1 Å². The van der Waals surface area contributed by atoms with Crippen molar-refractivity contribution in [2.45, 2.75) is 6.92 Å². The van der Waals surface area contributed by atoms with Gasteiger partial charge in [-0.05, 0) is 35.0 Å². The van der Waals surface area contributed by atoms with E-state index in [0.717, 1.165) is 0 Å². The highest BCUT2D eigenvalue weighted by Gasteiger charge is 2.27. The summed E-state index contributed by atoms with van der Waals surface area (Å²) >= 11 is 3.33. The Labute approximate surface area is 125 Å². The number of methoxy groups -OCH3 is 3. The molecule has 0 saturated carbocycles. The summed E-state index contributed by atoms with van der Waals surface area (Å²) in [6.07, 6.45) is -0.589. The maximum absolute atomic E-state index is 11.9. The summed E-state index contributed by atoms with van der Waals surface area (Å²) < 4.78 is 15.4. The summed E-state index contributed by atoms with van der Waals surface area (Å²) in [5.41, 5.74) is 0.530. The molecule has 1 aromatic rings. The summed E-state index contributed by atoms with van der Waals surface area (Å²) in [7, 11) is 4.00. The Balaban J connectivity index is 3.56. The second kappa shape index (κ2) is 7.14. The van der Waals surface area contributed by atoms with E-state index < -0.39 is 12.1 Å². The van der Waals surface area contributed by atoms with Crippen LogP contribution in [0.15, 0.2) is 16.6 Å². The molecule has 0 unspecified atom stereocenters. The molecule has 0 radical (unpaired) electrons. The van der Waals surface area contributed by atoms with Gasteiger partial charge in [-0.2, -0.15) is 0 Å². The van der Waals surface area contributed by atoms with Gasteiger partial charge in [0.05, 0.1) is 31.4 Å². The lowest BCUT2D eigenvalue weighted by Crippen LogP contribution is -2.32. The molecule has 1 rings (SSSR count). The number of esters is 1. The molecule has 0 aromatic heterocycles. The molecule has 1 amide bonds. The van der Waals surface area contributed by atoms with Gasteiger partial charge in [-0.1, -0.05) is 0 Å². The van der Waals surface area contributed by atoms with Crippen LogP contribution in [0.4, 0.5) is 10.5 Å². The van der Waals surface area contributed by atoms with Crippen LogP contribution < -0.4 is 9.64 Å². The molecule has 7 heteroatoms. The molecule has 110 valence electrons. The van der Waals surface area contributed by atoms with Crippen molar-refractivity contribution in [3.05, 3.63) is 22.2 Å². The van der Waals surface area contributed by atoms with E-state index in [1.807, 2.05) is 0 Å². The molecule has 0 saturated heterocycles. The third-order valence-electron chi connectivity index (χ3n) is 2.67. The van der Waals surface area contributed by atoms with Crippen molar-refractivity contribution in [2.75, 3.05) is 32.8 Å². The molecule has 20 heavy (non-hydrogen) atoms. The third-order valence-corrected chi connectivity index (χ3v) is 3.30. The summed E-state index contributed by atoms with van der Waals surface area (Å²) in [4.78, 5) is 25.0. The van der Waals surface area contributed by atoms with E-state index in [4.69, 9.17) is 14.2 Å². The molecular formula is C13H16BrNO5. The van der Waals surface area contributed by atoms with E-state index in [1.165, 1.54) is 26.2 Å². The Morgan fingerprint density at radius 2 is 1.85 bits per heavy atom. The van der Waals surface area contributed by atoms with Gasteiger partial charge in [0.25, 0.3) is 0 Å². The van der Waals surface area contributed by atoms with Gasteiger partial charge in [0.15, 0.2) is 5.75 Å². The van der Waals surface area contributed by atoms with Gasteiger partial charge in [-0.3, -0.25) is 4.90 Å². The van der Waals surface area contributed by atoms with Crippen molar-refractivity contribution < 1.29 is 23.8 Å². The molecule has 0 aliphatic carbocycles. The van der Waals surface area contributed by atoms with Gasteiger partial charge in [0, 0.05) is 6.54 Å². The minimum Gasteiger partial charge on any atom is -0.493 e. The Morgan fingerprint density at radius 1 is 1.20 bits per heavy atom. The Bertz CT molecular complexity index is 518. The zero-order valence-corrected chi connectivity index (χ0v) is 13.3. The number of benzene rings is 1. The van der Waals surface area contributed by atoms with E-state index in [0.29, 0.717) is 22.5 Å². The molecule has 0 spiro atoms. The second-order valence-corrected chi connectivity index (χ2v) is 4.54. The van der Waals surface area contributed by atoms with Crippen LogP contribution in [0.25, 0.3) is 0 Å². The maximum Gasteiger partial charge on any atom is 0.414 e. The lowest BCUT2D eigenvalue weighted by molar-refractivity contribution is 0.0601. The number of halogens is 1. The molecule has 1 aromatic carbocycles. The number of anilines is 1. The summed E-state index contributed by atoms with van der Waals surface area (Å²) in [5.74, 6) is -0.201. The molecule has 0 aliphatic rings. The summed E-state index contributed by atoms with van der Waals surface area (Å²) in [5, 5.41) is 0. The lowest BCUT2D eigenvalue weighted by Gasteiger charge is -2.24. The van der Waals surface area contributed by atoms with Crippen molar-refractivity contribution in [1.82, 2.24) is 0 Å². The van der Waals surface area contributed by atoms with Crippen LogP contribution in [0.5, 0.6) is 5.75 Å². The van der Waals surface area contributed by atoms with Crippen molar-refractivity contribution in [2.24, 2.45) is 0 Å². The summed E-state index contributed by atoms with van der Waals surface area (Å²) in [6.45, 7) is 2.07. The Hall–Kier alpha value is -1.76. The standard InChI is InChI=1S/C13H16BrNO5/c1-5-15(13(17)20-4)10-8(12(16)19-3)6-7-9(14)11(10)18-2/h6-7H,5H2,1-4H3. The van der Waals surface area contributed by atoms with Crippen molar-refractivity contribution in [3.63, 3.8) is 0 Å². The molecule has 0 N–H and O–H groups in total. The first-order chi connectivity index (χ1) is 9.51. The average molecular weight is 346 g/mol. The lowest BCUT2D eigenvalue weighted by atomic mass is 10.1. The van der Waals surface area contributed by atoms with Gasteiger partial charge in [-0.15, -0.1) is 0 Å². The molecule has 6 nitrogen and oxygen atoms in total. The van der Waals surface area contributed by atoms with Gasteiger partial charge < -0.3 is 14.2 Å². The number of hydrogen-bond donors (Lipinski definition) is 0. The largest absolute Gasteiger partial charge is 0.493 e. The van der Waals surface area contributed by atoms with Gasteiger partial charge in [0.2, 0.25) is 0 Å². The van der Waals surface area contributed by atoms with Crippen LogP contribution in [0.3, 0.4) is 0 Å². The second-order valence-electron chi connectivity index (χ2n) is 3.68. The number of rotatable bonds is 4. The normalized spacial score (nSPS) is 9.85. The van der Waals surface area contributed by atoms with Crippen LogP contribution in [0.1, 0.15) is 17.3 Å². The van der Waals surface area contributed by atoms with Crippen LogP contribution in [0, 0.1) is 0 Å². The predicted molar refractivity (Wildman–Crippen MR) is 77.5 cm³/mol. The van der Waals surface area contributed by atoms with E-state index >= 15 is 0 Å². The van der Waals surface area contributed by atoms with E-state index in [2.05, 4.69) is 15.9 Å². The van der Waals surface area contributed by atoms with Gasteiger partial charge in [-0.25, -0.2) is 9.59 Å². The van der Waals surface area contributed by atoms with Crippen molar-refractivity contribution >= 4 is 33.7 Å². The minimum atomic E-state index is -0.589. The highest BCUT2D eigenvalue weighted by atomic mass is 79.9. The number of carbonyl (C=O) groups is 2. The first kappa shape index (κ1) is 16.3. The number of amides is 1. The van der Waals surface area contributed by atoms with E-state index in [-0.39, 0.29) is 5.56 Å². The molecule has 0 bridgehead atoms. The number of carbonyl (C=O) groups excluding carboxylic acids is 2. The van der Waals surface area contributed by atoms with E-state index in [9.17, 15) is 9.59 Å². The topological polar surface area (TPSA) is 65.1 Å². The van der Waals surface area contributed by atoms with Crippen LogP contribution in [-0.4, -0.2) is 39.9 Å². The molecular weight excluding hydrogens is 330 g/mol. The zero-order valence-electron chi connectivity index (χ0n) is 11.7. The number of hydrogen-bond acceptors (Lipinski definition) is 5. The van der Waals surface area contributed by atoms with E-state index in [1.54, 1.807) is 19.1 Å². The number of nitrogens with zero attached hydrogens (tertiary/aromatic N) is 1. The highest BCUT2D eigenvalue weighted by Crippen LogP contribution is 2.39. The minimum absolute atomic E-state index is 0.222. The quantitative estimate of drug-likeness (QED) is 0.785. The van der Waals surface area contributed by atoms with Crippen LogP contribution in [-0.2, 0) is 9.47 Å². The highest BCUT2D eigenvalue weighted by molar-refractivity contribution is 9.10. The first-order valence-electron chi connectivity index (χ1n) is 5.82. The fourth-order valence-corrected chi connectivity index (χ4v) is 2.25. The third kappa shape index (κ3) is 3.04. The van der Waals surface area contributed by atoms with Crippen molar-refractivity contribution in [1.29, 1.82) is 0 Å². The maximum atomic E-state index is 11.9. The molecule has 0 atom stereocenters.